The van der Waals surface area contributed by atoms with Gasteiger partial charge in [-0.15, -0.1) is 0 Å². The lowest BCUT2D eigenvalue weighted by molar-refractivity contribution is 0.212. The summed E-state index contributed by atoms with van der Waals surface area (Å²) in [6.07, 6.45) is 2.44. The molecule has 1 atom stereocenters. The molecule has 1 heterocycles. The first-order valence-electron chi connectivity index (χ1n) is 5.01. The zero-order chi connectivity index (χ0) is 9.97. The van der Waals surface area contributed by atoms with Gasteiger partial charge in [-0.3, -0.25) is 5.84 Å². The third-order valence-electron chi connectivity index (χ3n) is 2.80. The number of nitrogens with two attached hydrogens (primary N) is 1. The van der Waals surface area contributed by atoms with Crippen LogP contribution in [-0.4, -0.2) is 18.1 Å². The van der Waals surface area contributed by atoms with Crippen LogP contribution in [0.2, 0.25) is 0 Å². The van der Waals surface area contributed by atoms with E-state index >= 15 is 0 Å². The highest BCUT2D eigenvalue weighted by molar-refractivity contribution is 9.10. The normalized spacial score (nSPS) is 23.7. The number of nitrogens with zero attached hydrogens (tertiary/aromatic N) is 1. The van der Waals surface area contributed by atoms with Gasteiger partial charge in [0.1, 0.15) is 0 Å². The fourth-order valence-corrected chi connectivity index (χ4v) is 2.67. The van der Waals surface area contributed by atoms with Crippen LogP contribution in [0.5, 0.6) is 0 Å². The van der Waals surface area contributed by atoms with Gasteiger partial charge in [0, 0.05) is 17.6 Å². The lowest BCUT2D eigenvalue weighted by Crippen LogP contribution is -2.39. The average Bonchev–Trinajstić information content (AvgIpc) is 2.18. The summed E-state index contributed by atoms with van der Waals surface area (Å²) in [5, 5.41) is 1.92. The Morgan fingerprint density at radius 1 is 1.36 bits per heavy atom. The highest BCUT2D eigenvalue weighted by atomic mass is 79.9. The summed E-state index contributed by atoms with van der Waals surface area (Å²) in [5.74, 6) is 6.42. The maximum atomic E-state index is 5.83. The molecule has 1 unspecified atom stereocenters. The first kappa shape index (κ1) is 10.1. The molecular formula is C11H15BrN2. The largest absolute Gasteiger partial charge is 0.269 e. The van der Waals surface area contributed by atoms with Gasteiger partial charge in [-0.25, -0.2) is 5.01 Å². The van der Waals surface area contributed by atoms with Gasteiger partial charge < -0.3 is 0 Å². The van der Waals surface area contributed by atoms with Gasteiger partial charge in [0.25, 0.3) is 0 Å². The molecule has 0 amide bonds. The Bertz CT molecular complexity index is 314. The van der Waals surface area contributed by atoms with Crippen molar-refractivity contribution in [2.45, 2.75) is 18.8 Å². The minimum absolute atomic E-state index is 0.587. The molecule has 1 aliphatic rings. The monoisotopic (exact) mass is 254 g/mol. The van der Waals surface area contributed by atoms with Gasteiger partial charge in [0.05, 0.1) is 0 Å². The summed E-state index contributed by atoms with van der Waals surface area (Å²) in [7, 11) is 0. The van der Waals surface area contributed by atoms with E-state index in [0.29, 0.717) is 5.92 Å². The lowest BCUT2D eigenvalue weighted by atomic mass is 9.91. The van der Waals surface area contributed by atoms with E-state index in [-0.39, 0.29) is 0 Å². The lowest BCUT2D eigenvalue weighted by Gasteiger charge is -2.29. The van der Waals surface area contributed by atoms with Crippen LogP contribution in [0.15, 0.2) is 28.7 Å². The number of halogens is 1. The summed E-state index contributed by atoms with van der Waals surface area (Å²) >= 11 is 3.59. The van der Waals surface area contributed by atoms with E-state index in [2.05, 4.69) is 40.2 Å². The molecule has 76 valence electrons. The Morgan fingerprint density at radius 3 is 2.86 bits per heavy atom. The molecule has 2 rings (SSSR count). The standard InChI is InChI=1S/C11H15BrN2/c12-11-6-2-1-5-10(11)9-4-3-7-14(13)8-9/h1-2,5-6,9H,3-4,7-8,13H2. The number of benzene rings is 1. The Balaban J connectivity index is 2.18. The molecule has 0 radical (unpaired) electrons. The molecule has 0 aliphatic carbocycles. The maximum absolute atomic E-state index is 5.83. The fourth-order valence-electron chi connectivity index (χ4n) is 2.07. The smallest absolute Gasteiger partial charge is 0.0210 e. The van der Waals surface area contributed by atoms with Crippen LogP contribution in [0.3, 0.4) is 0 Å². The molecule has 0 spiro atoms. The van der Waals surface area contributed by atoms with Gasteiger partial charge in [0.2, 0.25) is 0 Å². The Hall–Kier alpha value is -0.380. The molecule has 0 saturated carbocycles. The third kappa shape index (κ3) is 2.16. The molecule has 1 saturated heterocycles. The zero-order valence-corrected chi connectivity index (χ0v) is 9.70. The molecule has 14 heavy (non-hydrogen) atoms. The molecule has 0 aromatic heterocycles. The molecule has 0 bridgehead atoms. The predicted octanol–water partition coefficient (Wildman–Crippen LogP) is 2.50. The summed E-state index contributed by atoms with van der Waals surface area (Å²) in [6.45, 7) is 2.00. The summed E-state index contributed by atoms with van der Waals surface area (Å²) in [6, 6.07) is 8.44. The summed E-state index contributed by atoms with van der Waals surface area (Å²) < 4.78 is 1.21. The van der Waals surface area contributed by atoms with Crippen molar-refractivity contribution < 1.29 is 0 Å². The molecule has 1 aromatic rings. The van der Waals surface area contributed by atoms with Crippen LogP contribution in [-0.2, 0) is 0 Å². The summed E-state index contributed by atoms with van der Waals surface area (Å²) in [5.41, 5.74) is 1.39. The van der Waals surface area contributed by atoms with Crippen molar-refractivity contribution in [3.8, 4) is 0 Å². The van der Waals surface area contributed by atoms with E-state index in [1.807, 2.05) is 5.01 Å². The van der Waals surface area contributed by atoms with Crippen LogP contribution >= 0.6 is 15.9 Å². The van der Waals surface area contributed by atoms with Crippen molar-refractivity contribution >= 4 is 15.9 Å². The highest BCUT2D eigenvalue weighted by Gasteiger charge is 2.20. The topological polar surface area (TPSA) is 29.3 Å². The van der Waals surface area contributed by atoms with Crippen molar-refractivity contribution in [1.82, 2.24) is 5.01 Å². The fraction of sp³-hybridized carbons (Fsp3) is 0.455. The van der Waals surface area contributed by atoms with Gasteiger partial charge in [-0.1, -0.05) is 34.1 Å². The van der Waals surface area contributed by atoms with Crippen molar-refractivity contribution in [2.75, 3.05) is 13.1 Å². The third-order valence-corrected chi connectivity index (χ3v) is 3.52. The zero-order valence-electron chi connectivity index (χ0n) is 8.12. The highest BCUT2D eigenvalue weighted by Crippen LogP contribution is 2.30. The number of piperidine rings is 1. The minimum Gasteiger partial charge on any atom is -0.269 e. The minimum atomic E-state index is 0.587. The number of hydrogen-bond donors (Lipinski definition) is 1. The number of rotatable bonds is 1. The molecule has 1 aromatic carbocycles. The van der Waals surface area contributed by atoms with E-state index in [0.717, 1.165) is 13.1 Å². The Morgan fingerprint density at radius 2 is 2.14 bits per heavy atom. The van der Waals surface area contributed by atoms with Crippen molar-refractivity contribution in [1.29, 1.82) is 0 Å². The molecule has 3 heteroatoms. The van der Waals surface area contributed by atoms with Crippen molar-refractivity contribution in [3.05, 3.63) is 34.3 Å². The van der Waals surface area contributed by atoms with E-state index in [9.17, 15) is 0 Å². The second kappa shape index (κ2) is 4.43. The van der Waals surface area contributed by atoms with Gasteiger partial charge in [0.15, 0.2) is 0 Å². The first-order valence-corrected chi connectivity index (χ1v) is 5.81. The molecule has 2 nitrogen and oxygen atoms in total. The van der Waals surface area contributed by atoms with Gasteiger partial charge in [-0.2, -0.15) is 0 Å². The molecular weight excluding hydrogens is 240 g/mol. The van der Waals surface area contributed by atoms with Crippen molar-refractivity contribution in [3.63, 3.8) is 0 Å². The van der Waals surface area contributed by atoms with Crippen LogP contribution in [0.1, 0.15) is 24.3 Å². The molecule has 1 aliphatic heterocycles. The first-order chi connectivity index (χ1) is 6.77. The van der Waals surface area contributed by atoms with E-state index in [1.165, 1.54) is 22.9 Å². The van der Waals surface area contributed by atoms with Gasteiger partial charge >= 0.3 is 0 Å². The second-order valence-corrected chi connectivity index (χ2v) is 4.71. The van der Waals surface area contributed by atoms with Crippen LogP contribution in [0, 0.1) is 0 Å². The molecule has 1 fully saturated rings. The van der Waals surface area contributed by atoms with Crippen LogP contribution in [0.4, 0.5) is 0 Å². The van der Waals surface area contributed by atoms with E-state index < -0.39 is 0 Å². The van der Waals surface area contributed by atoms with Crippen LogP contribution < -0.4 is 5.84 Å². The maximum Gasteiger partial charge on any atom is 0.0210 e. The SMILES string of the molecule is NN1CCCC(c2ccccc2Br)C1. The van der Waals surface area contributed by atoms with E-state index in [4.69, 9.17) is 5.84 Å². The summed E-state index contributed by atoms with van der Waals surface area (Å²) in [4.78, 5) is 0. The Kier molecular flexibility index (Phi) is 3.21. The Labute approximate surface area is 93.2 Å². The van der Waals surface area contributed by atoms with Crippen LogP contribution in [0.25, 0.3) is 0 Å². The average molecular weight is 255 g/mol. The quantitative estimate of drug-likeness (QED) is 0.781. The molecule has 2 N–H and O–H groups in total. The van der Waals surface area contributed by atoms with Gasteiger partial charge in [-0.05, 0) is 30.4 Å². The predicted molar refractivity (Wildman–Crippen MR) is 61.9 cm³/mol. The second-order valence-electron chi connectivity index (χ2n) is 3.86. The van der Waals surface area contributed by atoms with Crippen molar-refractivity contribution in [2.24, 2.45) is 5.84 Å². The van der Waals surface area contributed by atoms with E-state index in [1.54, 1.807) is 0 Å². The number of hydrogen-bond acceptors (Lipinski definition) is 2. The number of hydrazine groups is 1.